The van der Waals surface area contributed by atoms with Crippen LogP contribution in [0, 0.1) is 0 Å². The maximum Gasteiger partial charge on any atom is 0.263 e. The summed E-state index contributed by atoms with van der Waals surface area (Å²) in [7, 11) is 0. The molecule has 0 aliphatic carbocycles. The van der Waals surface area contributed by atoms with Gasteiger partial charge in [-0.2, -0.15) is 0 Å². The maximum atomic E-state index is 12.2. The highest BCUT2D eigenvalue weighted by atomic mass is 16.2. The maximum absolute atomic E-state index is 12.2. The first-order chi connectivity index (χ1) is 10.2. The van der Waals surface area contributed by atoms with Gasteiger partial charge >= 0.3 is 0 Å². The Kier molecular flexibility index (Phi) is 3.44. The highest BCUT2D eigenvalue weighted by Crippen LogP contribution is 2.23. The van der Waals surface area contributed by atoms with Gasteiger partial charge in [0, 0.05) is 5.69 Å². The van der Waals surface area contributed by atoms with Crippen LogP contribution >= 0.6 is 0 Å². The molecule has 2 amide bonds. The Balaban J connectivity index is 1.78. The number of anilines is 1. The average molecular weight is 280 g/mol. The standard InChI is InChI=1S/C17H16N2O2/c1-2-12-7-3-6-10-15(12)18-11-19-16(20)13-8-4-5-9-14(13)17(19)21/h3-10,18H,2,11H2,1H3. The second-order valence-electron chi connectivity index (χ2n) is 4.93. The molecule has 4 nitrogen and oxygen atoms in total. The third kappa shape index (κ3) is 2.29. The van der Waals surface area contributed by atoms with Crippen LogP contribution in [0.2, 0.25) is 0 Å². The number of benzene rings is 2. The molecule has 0 fully saturated rings. The Morgan fingerprint density at radius 1 is 0.905 bits per heavy atom. The summed E-state index contributed by atoms with van der Waals surface area (Å²) >= 11 is 0. The molecule has 1 aliphatic rings. The minimum atomic E-state index is -0.239. The van der Waals surface area contributed by atoms with E-state index in [1.165, 1.54) is 4.90 Å². The Hall–Kier alpha value is -2.62. The molecule has 4 heteroatoms. The quantitative estimate of drug-likeness (QED) is 0.876. The summed E-state index contributed by atoms with van der Waals surface area (Å²) in [4.78, 5) is 25.7. The minimum absolute atomic E-state index is 0.184. The lowest BCUT2D eigenvalue weighted by Crippen LogP contribution is -2.34. The van der Waals surface area contributed by atoms with E-state index in [0.717, 1.165) is 17.7 Å². The van der Waals surface area contributed by atoms with Gasteiger partial charge in [-0.3, -0.25) is 14.5 Å². The van der Waals surface area contributed by atoms with E-state index >= 15 is 0 Å². The fourth-order valence-electron chi connectivity index (χ4n) is 2.55. The molecule has 3 rings (SSSR count). The number of carbonyl (C=O) groups is 2. The molecule has 0 spiro atoms. The number of nitrogens with one attached hydrogen (secondary N) is 1. The van der Waals surface area contributed by atoms with Crippen LogP contribution in [0.1, 0.15) is 33.2 Å². The first-order valence-corrected chi connectivity index (χ1v) is 6.99. The number of carbonyl (C=O) groups excluding carboxylic acids is 2. The summed E-state index contributed by atoms with van der Waals surface area (Å²) < 4.78 is 0. The van der Waals surface area contributed by atoms with Gasteiger partial charge in [0.15, 0.2) is 0 Å². The number of rotatable bonds is 4. The number of amides is 2. The van der Waals surface area contributed by atoms with E-state index in [4.69, 9.17) is 0 Å². The van der Waals surface area contributed by atoms with E-state index in [2.05, 4.69) is 12.2 Å². The molecule has 1 heterocycles. The second-order valence-corrected chi connectivity index (χ2v) is 4.93. The van der Waals surface area contributed by atoms with Gasteiger partial charge in [-0.25, -0.2) is 0 Å². The predicted molar refractivity (Wildman–Crippen MR) is 81.3 cm³/mol. The number of nitrogens with zero attached hydrogens (tertiary/aromatic N) is 1. The molecule has 1 N–H and O–H groups in total. The van der Waals surface area contributed by atoms with Crippen LogP contribution in [-0.2, 0) is 6.42 Å². The van der Waals surface area contributed by atoms with Crippen molar-refractivity contribution in [2.75, 3.05) is 12.0 Å². The van der Waals surface area contributed by atoms with Gasteiger partial charge in [0.2, 0.25) is 0 Å². The highest BCUT2D eigenvalue weighted by molar-refractivity contribution is 6.21. The topological polar surface area (TPSA) is 49.4 Å². The summed E-state index contributed by atoms with van der Waals surface area (Å²) in [6, 6.07) is 14.8. The number of hydrogen-bond acceptors (Lipinski definition) is 3. The molecule has 0 unspecified atom stereocenters. The lowest BCUT2D eigenvalue weighted by molar-refractivity contribution is 0.0666. The summed E-state index contributed by atoms with van der Waals surface area (Å²) in [6.07, 6.45) is 0.894. The number of aryl methyl sites for hydroxylation is 1. The molecule has 0 aromatic heterocycles. The Morgan fingerprint density at radius 3 is 2.10 bits per heavy atom. The highest BCUT2D eigenvalue weighted by Gasteiger charge is 2.34. The van der Waals surface area contributed by atoms with Crippen LogP contribution < -0.4 is 5.32 Å². The number of fused-ring (bicyclic) bond motifs is 1. The van der Waals surface area contributed by atoms with E-state index < -0.39 is 0 Å². The molecule has 21 heavy (non-hydrogen) atoms. The van der Waals surface area contributed by atoms with Crippen molar-refractivity contribution in [1.29, 1.82) is 0 Å². The molecule has 0 atom stereocenters. The predicted octanol–water partition coefficient (Wildman–Crippen LogP) is 2.91. The molecule has 0 saturated heterocycles. The minimum Gasteiger partial charge on any atom is -0.367 e. The fourth-order valence-corrected chi connectivity index (χ4v) is 2.55. The average Bonchev–Trinajstić information content (AvgIpc) is 2.78. The zero-order chi connectivity index (χ0) is 14.8. The Labute approximate surface area is 123 Å². The summed E-state index contributed by atoms with van der Waals surface area (Å²) in [5.41, 5.74) is 3.08. The van der Waals surface area contributed by atoms with Crippen molar-refractivity contribution in [2.24, 2.45) is 0 Å². The molecule has 0 radical (unpaired) electrons. The van der Waals surface area contributed by atoms with Gasteiger partial charge in [-0.1, -0.05) is 37.3 Å². The van der Waals surface area contributed by atoms with Gasteiger partial charge < -0.3 is 5.32 Å². The van der Waals surface area contributed by atoms with Crippen molar-refractivity contribution < 1.29 is 9.59 Å². The normalized spacial score (nSPS) is 13.5. The molecule has 2 aromatic rings. The molecular formula is C17H16N2O2. The van der Waals surface area contributed by atoms with E-state index in [-0.39, 0.29) is 18.5 Å². The van der Waals surface area contributed by atoms with E-state index in [0.29, 0.717) is 11.1 Å². The van der Waals surface area contributed by atoms with Crippen LogP contribution in [-0.4, -0.2) is 23.4 Å². The fraction of sp³-hybridized carbons (Fsp3) is 0.176. The largest absolute Gasteiger partial charge is 0.367 e. The van der Waals surface area contributed by atoms with Crippen LogP contribution in [0.5, 0.6) is 0 Å². The summed E-state index contributed by atoms with van der Waals surface area (Å²) in [6.45, 7) is 2.26. The van der Waals surface area contributed by atoms with E-state index in [1.807, 2.05) is 24.3 Å². The van der Waals surface area contributed by atoms with Crippen LogP contribution in [0.3, 0.4) is 0 Å². The SMILES string of the molecule is CCc1ccccc1NCN1C(=O)c2ccccc2C1=O. The number of imide groups is 1. The van der Waals surface area contributed by atoms with E-state index in [9.17, 15) is 9.59 Å². The van der Waals surface area contributed by atoms with Crippen molar-refractivity contribution >= 4 is 17.5 Å². The molecular weight excluding hydrogens is 264 g/mol. The van der Waals surface area contributed by atoms with Crippen molar-refractivity contribution in [3.05, 3.63) is 65.2 Å². The van der Waals surface area contributed by atoms with Crippen LogP contribution in [0.4, 0.5) is 5.69 Å². The zero-order valence-corrected chi connectivity index (χ0v) is 11.8. The molecule has 1 aliphatic heterocycles. The number of para-hydroxylation sites is 1. The van der Waals surface area contributed by atoms with Crippen LogP contribution in [0.25, 0.3) is 0 Å². The summed E-state index contributed by atoms with van der Waals surface area (Å²) in [5, 5.41) is 3.19. The van der Waals surface area contributed by atoms with Crippen LogP contribution in [0.15, 0.2) is 48.5 Å². The lowest BCUT2D eigenvalue weighted by atomic mass is 10.1. The van der Waals surface area contributed by atoms with Crippen molar-refractivity contribution in [2.45, 2.75) is 13.3 Å². The monoisotopic (exact) mass is 280 g/mol. The molecule has 0 bridgehead atoms. The third-order valence-corrected chi connectivity index (χ3v) is 3.70. The Bertz CT molecular complexity index is 674. The van der Waals surface area contributed by atoms with Crippen molar-refractivity contribution in [3.8, 4) is 0 Å². The second kappa shape index (κ2) is 5.40. The van der Waals surface area contributed by atoms with Gasteiger partial charge in [-0.05, 0) is 30.2 Å². The zero-order valence-electron chi connectivity index (χ0n) is 11.8. The van der Waals surface area contributed by atoms with Gasteiger partial charge in [0.1, 0.15) is 0 Å². The molecule has 0 saturated carbocycles. The Morgan fingerprint density at radius 2 is 1.48 bits per heavy atom. The van der Waals surface area contributed by atoms with E-state index in [1.54, 1.807) is 24.3 Å². The van der Waals surface area contributed by atoms with Gasteiger partial charge in [-0.15, -0.1) is 0 Å². The van der Waals surface area contributed by atoms with Crippen molar-refractivity contribution in [3.63, 3.8) is 0 Å². The lowest BCUT2D eigenvalue weighted by Gasteiger charge is -2.17. The molecule has 106 valence electrons. The first-order valence-electron chi connectivity index (χ1n) is 6.99. The van der Waals surface area contributed by atoms with Crippen molar-refractivity contribution in [1.82, 2.24) is 4.90 Å². The smallest absolute Gasteiger partial charge is 0.263 e. The third-order valence-electron chi connectivity index (χ3n) is 3.70. The molecule has 2 aromatic carbocycles. The van der Waals surface area contributed by atoms with Gasteiger partial charge in [0.05, 0.1) is 17.8 Å². The number of hydrogen-bond donors (Lipinski definition) is 1. The summed E-state index contributed by atoms with van der Waals surface area (Å²) in [5.74, 6) is -0.478. The van der Waals surface area contributed by atoms with Gasteiger partial charge in [0.25, 0.3) is 11.8 Å². The first kappa shape index (κ1) is 13.4.